The molecule has 0 aliphatic carbocycles. The summed E-state index contributed by atoms with van der Waals surface area (Å²) in [5.74, 6) is -0.316. The molecule has 0 aliphatic heterocycles. The maximum Gasteiger partial charge on any atom is 0.276 e. The lowest BCUT2D eigenvalue weighted by Crippen LogP contribution is -2.27. The summed E-state index contributed by atoms with van der Waals surface area (Å²) in [5, 5.41) is 10.7. The normalized spacial score (nSPS) is 11.1. The molecule has 5 heteroatoms. The number of benzene rings is 3. The quantitative estimate of drug-likeness (QED) is 0.424. The third-order valence-corrected chi connectivity index (χ3v) is 5.31. The molecule has 4 aromatic rings. The van der Waals surface area contributed by atoms with E-state index in [0.717, 1.165) is 36.5 Å². The molecule has 30 heavy (non-hydrogen) atoms. The van der Waals surface area contributed by atoms with Gasteiger partial charge in [-0.1, -0.05) is 74.7 Å². The molecule has 1 amide bonds. The molecule has 5 nitrogen and oxygen atoms in total. The van der Waals surface area contributed by atoms with Crippen molar-refractivity contribution in [2.75, 3.05) is 5.32 Å². The zero-order valence-electron chi connectivity index (χ0n) is 17.1. The van der Waals surface area contributed by atoms with Crippen molar-refractivity contribution in [2.45, 2.75) is 39.2 Å². The second-order valence-electron chi connectivity index (χ2n) is 7.50. The van der Waals surface area contributed by atoms with E-state index in [1.807, 2.05) is 54.6 Å². The van der Waals surface area contributed by atoms with Crippen LogP contribution in [0.3, 0.4) is 0 Å². The second kappa shape index (κ2) is 8.91. The number of aromatic nitrogens is 2. The Morgan fingerprint density at radius 2 is 1.63 bits per heavy atom. The first kappa shape index (κ1) is 19.8. The number of nitrogens with one attached hydrogen (secondary N) is 1. The molecule has 3 aromatic carbocycles. The molecule has 0 radical (unpaired) electrons. The van der Waals surface area contributed by atoms with Gasteiger partial charge in [-0.15, -0.1) is 0 Å². The van der Waals surface area contributed by atoms with Crippen LogP contribution in [-0.2, 0) is 6.54 Å². The molecule has 0 aliphatic rings. The third-order valence-electron chi connectivity index (χ3n) is 5.31. The Hall–Kier alpha value is -3.47. The first-order chi connectivity index (χ1) is 14.7. The Labute approximate surface area is 175 Å². The molecule has 4 rings (SSSR count). The number of carbonyl (C=O) groups is 1. The Balaban J connectivity index is 1.68. The van der Waals surface area contributed by atoms with Crippen LogP contribution in [-0.4, -0.2) is 15.7 Å². The fourth-order valence-electron chi connectivity index (χ4n) is 3.70. The highest BCUT2D eigenvalue weighted by molar-refractivity contribution is 6.11. The summed E-state index contributed by atoms with van der Waals surface area (Å²) in [7, 11) is 0. The van der Waals surface area contributed by atoms with Crippen molar-refractivity contribution in [1.29, 1.82) is 0 Å². The molecular weight excluding hydrogens is 374 g/mol. The molecular formula is C25H25N3O2. The number of rotatable bonds is 7. The molecule has 0 saturated heterocycles. The van der Waals surface area contributed by atoms with Gasteiger partial charge in [-0.3, -0.25) is 9.59 Å². The van der Waals surface area contributed by atoms with Gasteiger partial charge in [0.05, 0.1) is 5.39 Å². The molecule has 152 valence electrons. The van der Waals surface area contributed by atoms with Crippen LogP contribution < -0.4 is 10.9 Å². The molecule has 0 unspecified atom stereocenters. The highest BCUT2D eigenvalue weighted by Crippen LogP contribution is 2.20. The van der Waals surface area contributed by atoms with E-state index in [9.17, 15) is 9.59 Å². The highest BCUT2D eigenvalue weighted by Gasteiger charge is 2.17. The van der Waals surface area contributed by atoms with Gasteiger partial charge in [-0.25, -0.2) is 4.68 Å². The van der Waals surface area contributed by atoms with Crippen LogP contribution in [0.25, 0.3) is 21.5 Å². The maximum absolute atomic E-state index is 13.1. The van der Waals surface area contributed by atoms with E-state index in [2.05, 4.69) is 17.3 Å². The Bertz CT molecular complexity index is 1260. The summed E-state index contributed by atoms with van der Waals surface area (Å²) in [4.78, 5) is 26.0. The molecule has 0 atom stereocenters. The minimum absolute atomic E-state index is 0.149. The Morgan fingerprint density at radius 1 is 0.900 bits per heavy atom. The average Bonchev–Trinajstić information content (AvgIpc) is 2.78. The monoisotopic (exact) mass is 399 g/mol. The predicted octanol–water partition coefficient (Wildman–Crippen LogP) is 5.38. The Morgan fingerprint density at radius 3 is 2.43 bits per heavy atom. The molecule has 1 heterocycles. The number of hydrogen-bond acceptors (Lipinski definition) is 3. The third kappa shape index (κ3) is 4.10. The fourth-order valence-corrected chi connectivity index (χ4v) is 3.70. The zero-order valence-corrected chi connectivity index (χ0v) is 17.1. The number of hydrogen-bond donors (Lipinski definition) is 1. The SMILES string of the molecule is CCCCCCn1nc(C(=O)Nc2ccc3ccccc3c2)c2ccccc2c1=O. The highest BCUT2D eigenvalue weighted by atomic mass is 16.2. The zero-order chi connectivity index (χ0) is 20.9. The predicted molar refractivity (Wildman–Crippen MR) is 122 cm³/mol. The number of fused-ring (bicyclic) bond motifs is 2. The van der Waals surface area contributed by atoms with Crippen molar-refractivity contribution in [1.82, 2.24) is 9.78 Å². The fraction of sp³-hybridized carbons (Fsp3) is 0.240. The van der Waals surface area contributed by atoms with Gasteiger partial charge in [-0.2, -0.15) is 5.10 Å². The van der Waals surface area contributed by atoms with Crippen molar-refractivity contribution in [2.24, 2.45) is 0 Å². The van der Waals surface area contributed by atoms with Gasteiger partial charge in [-0.05, 0) is 35.4 Å². The first-order valence-corrected chi connectivity index (χ1v) is 10.5. The van der Waals surface area contributed by atoms with Crippen molar-refractivity contribution in [3.8, 4) is 0 Å². The van der Waals surface area contributed by atoms with Crippen LogP contribution in [0.15, 0.2) is 71.5 Å². The van der Waals surface area contributed by atoms with Crippen molar-refractivity contribution in [3.05, 3.63) is 82.8 Å². The summed E-state index contributed by atoms with van der Waals surface area (Å²) < 4.78 is 1.44. The minimum atomic E-state index is -0.316. The lowest BCUT2D eigenvalue weighted by Gasteiger charge is -2.12. The van der Waals surface area contributed by atoms with Crippen LogP contribution in [0.5, 0.6) is 0 Å². The number of amides is 1. The van der Waals surface area contributed by atoms with Crippen molar-refractivity contribution < 1.29 is 4.79 Å². The van der Waals surface area contributed by atoms with E-state index in [1.165, 1.54) is 4.68 Å². The van der Waals surface area contributed by atoms with Gasteiger partial charge in [0.2, 0.25) is 0 Å². The second-order valence-corrected chi connectivity index (χ2v) is 7.50. The van der Waals surface area contributed by atoms with Crippen LogP contribution in [0.1, 0.15) is 43.1 Å². The summed E-state index contributed by atoms with van der Waals surface area (Å²) >= 11 is 0. The number of unbranched alkanes of at least 4 members (excludes halogenated alkanes) is 3. The summed E-state index contributed by atoms with van der Waals surface area (Å²) in [6, 6.07) is 21.0. The van der Waals surface area contributed by atoms with Crippen molar-refractivity contribution >= 4 is 33.1 Å². The smallest absolute Gasteiger partial charge is 0.276 e. The number of anilines is 1. The van der Waals surface area contributed by atoms with Gasteiger partial charge in [0.15, 0.2) is 5.69 Å². The van der Waals surface area contributed by atoms with Crippen LogP contribution in [0.2, 0.25) is 0 Å². The van der Waals surface area contributed by atoms with Gasteiger partial charge in [0.25, 0.3) is 11.5 Å². The molecule has 0 bridgehead atoms. The minimum Gasteiger partial charge on any atom is -0.321 e. The van der Waals surface area contributed by atoms with E-state index in [1.54, 1.807) is 12.1 Å². The molecule has 0 fully saturated rings. The number of nitrogens with zero attached hydrogens (tertiary/aromatic N) is 2. The number of aryl methyl sites for hydroxylation is 1. The van der Waals surface area contributed by atoms with Gasteiger partial charge < -0.3 is 5.32 Å². The van der Waals surface area contributed by atoms with E-state index in [0.29, 0.717) is 23.0 Å². The maximum atomic E-state index is 13.1. The van der Waals surface area contributed by atoms with E-state index in [4.69, 9.17) is 0 Å². The summed E-state index contributed by atoms with van der Waals surface area (Å²) in [6.45, 7) is 2.66. The van der Waals surface area contributed by atoms with Gasteiger partial charge in [0.1, 0.15) is 0 Å². The average molecular weight is 399 g/mol. The van der Waals surface area contributed by atoms with Crippen LogP contribution in [0, 0.1) is 0 Å². The van der Waals surface area contributed by atoms with E-state index >= 15 is 0 Å². The summed E-state index contributed by atoms with van der Waals surface area (Å²) in [6.07, 6.45) is 4.15. The molecule has 0 spiro atoms. The standard InChI is InChI=1S/C25H25N3O2/c1-2-3-4-9-16-28-25(30)22-13-8-7-12-21(22)23(27-28)24(29)26-20-15-14-18-10-5-6-11-19(18)17-20/h5-8,10-15,17H,2-4,9,16H2,1H3,(H,26,29). The van der Waals surface area contributed by atoms with Crippen LogP contribution >= 0.6 is 0 Å². The van der Waals surface area contributed by atoms with Crippen molar-refractivity contribution in [3.63, 3.8) is 0 Å². The topological polar surface area (TPSA) is 64.0 Å². The lowest BCUT2D eigenvalue weighted by molar-refractivity contribution is 0.102. The largest absolute Gasteiger partial charge is 0.321 e. The first-order valence-electron chi connectivity index (χ1n) is 10.5. The lowest BCUT2D eigenvalue weighted by atomic mass is 10.1. The van der Waals surface area contributed by atoms with Crippen LogP contribution in [0.4, 0.5) is 5.69 Å². The van der Waals surface area contributed by atoms with E-state index in [-0.39, 0.29) is 17.2 Å². The molecule has 0 saturated carbocycles. The van der Waals surface area contributed by atoms with E-state index < -0.39 is 0 Å². The van der Waals surface area contributed by atoms with Gasteiger partial charge >= 0.3 is 0 Å². The Kier molecular flexibility index (Phi) is 5.89. The molecule has 1 N–H and O–H groups in total. The van der Waals surface area contributed by atoms with Gasteiger partial charge in [0, 0.05) is 17.6 Å². The number of carbonyl (C=O) groups excluding carboxylic acids is 1. The summed E-state index contributed by atoms with van der Waals surface area (Å²) in [5.41, 5.74) is 0.823. The molecule has 1 aromatic heterocycles.